The predicted octanol–water partition coefficient (Wildman–Crippen LogP) is 4.92. The van der Waals surface area contributed by atoms with Gasteiger partial charge in [0.05, 0.1) is 25.1 Å². The molecule has 0 atom stereocenters. The molecular formula is C25H28N2O4S. The largest absolute Gasteiger partial charge is 0.494 e. The van der Waals surface area contributed by atoms with Gasteiger partial charge < -0.3 is 10.1 Å². The summed E-state index contributed by atoms with van der Waals surface area (Å²) in [5.41, 5.74) is 4.56. The summed E-state index contributed by atoms with van der Waals surface area (Å²) in [5.74, 6) is 0.504. The van der Waals surface area contributed by atoms with E-state index in [4.69, 9.17) is 4.74 Å². The lowest BCUT2D eigenvalue weighted by atomic mass is 10.1. The highest BCUT2D eigenvalue weighted by molar-refractivity contribution is 7.92. The highest BCUT2D eigenvalue weighted by Crippen LogP contribution is 2.24. The highest BCUT2D eigenvalue weighted by Gasteiger charge is 2.19. The Morgan fingerprint density at radius 3 is 2.06 bits per heavy atom. The molecule has 168 valence electrons. The van der Waals surface area contributed by atoms with Crippen molar-refractivity contribution in [2.45, 2.75) is 27.3 Å². The number of hydrogen-bond acceptors (Lipinski definition) is 4. The van der Waals surface area contributed by atoms with Crippen molar-refractivity contribution in [3.63, 3.8) is 0 Å². The van der Waals surface area contributed by atoms with Crippen molar-refractivity contribution in [1.29, 1.82) is 0 Å². The second kappa shape index (κ2) is 9.87. The van der Waals surface area contributed by atoms with Crippen LogP contribution in [0.2, 0.25) is 0 Å². The van der Waals surface area contributed by atoms with Gasteiger partial charge >= 0.3 is 0 Å². The Morgan fingerprint density at radius 1 is 0.938 bits per heavy atom. The number of nitrogens with zero attached hydrogens (tertiary/aromatic N) is 1. The third-order valence-corrected chi connectivity index (χ3v) is 6.00. The highest BCUT2D eigenvalue weighted by atomic mass is 32.2. The van der Waals surface area contributed by atoms with Crippen LogP contribution in [0.1, 0.15) is 34.0 Å². The van der Waals surface area contributed by atoms with Crippen molar-refractivity contribution >= 4 is 27.3 Å². The molecule has 0 bridgehead atoms. The van der Waals surface area contributed by atoms with Gasteiger partial charge in [0.15, 0.2) is 0 Å². The van der Waals surface area contributed by atoms with E-state index in [-0.39, 0.29) is 12.5 Å². The first-order valence-electron chi connectivity index (χ1n) is 10.3. The van der Waals surface area contributed by atoms with Gasteiger partial charge in [0.2, 0.25) is 10.0 Å². The molecule has 0 aromatic heterocycles. The van der Waals surface area contributed by atoms with E-state index in [2.05, 4.69) is 5.32 Å². The van der Waals surface area contributed by atoms with Crippen molar-refractivity contribution in [3.05, 3.63) is 89.0 Å². The second-order valence-corrected chi connectivity index (χ2v) is 9.63. The summed E-state index contributed by atoms with van der Waals surface area (Å²) in [5, 5.41) is 2.85. The van der Waals surface area contributed by atoms with Crippen LogP contribution in [-0.2, 0) is 16.6 Å². The number of amides is 1. The molecule has 3 rings (SSSR count). The van der Waals surface area contributed by atoms with Crippen LogP contribution in [0.4, 0.5) is 11.4 Å². The monoisotopic (exact) mass is 452 g/mol. The van der Waals surface area contributed by atoms with Gasteiger partial charge in [-0.25, -0.2) is 8.42 Å². The molecule has 0 fully saturated rings. The molecule has 1 N–H and O–H groups in total. The molecule has 7 heteroatoms. The van der Waals surface area contributed by atoms with Crippen LogP contribution in [0.25, 0.3) is 0 Å². The Kier molecular flexibility index (Phi) is 7.20. The zero-order valence-corrected chi connectivity index (χ0v) is 19.6. The minimum Gasteiger partial charge on any atom is -0.494 e. The second-order valence-electron chi connectivity index (χ2n) is 7.72. The van der Waals surface area contributed by atoms with E-state index in [0.717, 1.165) is 22.4 Å². The number of nitrogens with one attached hydrogen (secondary N) is 1. The van der Waals surface area contributed by atoms with E-state index in [1.165, 1.54) is 10.6 Å². The van der Waals surface area contributed by atoms with Crippen molar-refractivity contribution < 1.29 is 17.9 Å². The number of sulfonamides is 1. The first-order valence-corrected chi connectivity index (χ1v) is 12.2. The Labute approximate surface area is 189 Å². The van der Waals surface area contributed by atoms with Crippen LogP contribution in [0, 0.1) is 13.8 Å². The van der Waals surface area contributed by atoms with E-state index >= 15 is 0 Å². The topological polar surface area (TPSA) is 75.7 Å². The maximum atomic E-state index is 12.6. The number of carbonyl (C=O) groups excluding carboxylic acids is 1. The van der Waals surface area contributed by atoms with E-state index in [1.54, 1.807) is 48.5 Å². The van der Waals surface area contributed by atoms with Crippen LogP contribution in [-0.4, -0.2) is 27.2 Å². The van der Waals surface area contributed by atoms with Crippen LogP contribution in [0.5, 0.6) is 5.75 Å². The maximum absolute atomic E-state index is 12.6. The summed E-state index contributed by atoms with van der Waals surface area (Å²) in [6.07, 6.45) is 1.20. The molecule has 0 aliphatic rings. The van der Waals surface area contributed by atoms with Gasteiger partial charge in [0.1, 0.15) is 5.75 Å². The molecule has 32 heavy (non-hydrogen) atoms. The summed E-state index contributed by atoms with van der Waals surface area (Å²) in [4.78, 5) is 12.6. The first kappa shape index (κ1) is 23.3. The average Bonchev–Trinajstić information content (AvgIpc) is 2.72. The number of carbonyl (C=O) groups is 1. The molecule has 1 amide bonds. The fourth-order valence-corrected chi connectivity index (χ4v) is 4.30. The van der Waals surface area contributed by atoms with E-state index in [9.17, 15) is 13.2 Å². The smallest absolute Gasteiger partial charge is 0.255 e. The van der Waals surface area contributed by atoms with Crippen molar-refractivity contribution in [2.24, 2.45) is 0 Å². The lowest BCUT2D eigenvalue weighted by Gasteiger charge is -2.23. The minimum atomic E-state index is -3.48. The van der Waals surface area contributed by atoms with Gasteiger partial charge in [-0.1, -0.05) is 18.2 Å². The molecule has 0 saturated heterocycles. The fourth-order valence-electron chi connectivity index (χ4n) is 3.43. The Morgan fingerprint density at radius 2 is 1.53 bits per heavy atom. The van der Waals surface area contributed by atoms with Gasteiger partial charge in [-0.05, 0) is 86.0 Å². The van der Waals surface area contributed by atoms with Crippen molar-refractivity contribution in [2.75, 3.05) is 22.5 Å². The van der Waals surface area contributed by atoms with Gasteiger partial charge in [-0.2, -0.15) is 0 Å². The fraction of sp³-hybridized carbons (Fsp3) is 0.240. The number of rotatable bonds is 8. The average molecular weight is 453 g/mol. The van der Waals surface area contributed by atoms with Crippen LogP contribution >= 0.6 is 0 Å². The Hall–Kier alpha value is -3.32. The number of aryl methyl sites for hydroxylation is 2. The van der Waals surface area contributed by atoms with Gasteiger partial charge in [-0.3, -0.25) is 9.10 Å². The number of anilines is 2. The molecule has 6 nitrogen and oxygen atoms in total. The molecule has 0 aliphatic heterocycles. The van der Waals surface area contributed by atoms with Crippen LogP contribution in [0.15, 0.2) is 66.7 Å². The summed E-state index contributed by atoms with van der Waals surface area (Å²) < 4.78 is 31.7. The zero-order valence-electron chi connectivity index (χ0n) is 18.8. The normalized spacial score (nSPS) is 11.1. The molecule has 0 unspecified atom stereocenters. The van der Waals surface area contributed by atoms with E-state index in [0.29, 0.717) is 23.5 Å². The third-order valence-electron chi connectivity index (χ3n) is 4.86. The molecular weight excluding hydrogens is 424 g/mol. The summed E-state index contributed by atoms with van der Waals surface area (Å²) in [6.45, 7) is 6.56. The van der Waals surface area contributed by atoms with Gasteiger partial charge in [-0.15, -0.1) is 0 Å². The molecule has 0 radical (unpaired) electrons. The number of hydrogen-bond donors (Lipinski definition) is 1. The zero-order chi connectivity index (χ0) is 23.3. The van der Waals surface area contributed by atoms with Crippen LogP contribution in [0.3, 0.4) is 0 Å². The standard InChI is InChI=1S/C25H28N2O4S/c1-5-31-24-12-10-22(11-13-24)26-25(28)21-8-6-20(7-9-21)17-27(32(4,29)30)23-15-18(2)14-19(3)16-23/h6-16H,5,17H2,1-4H3,(H,26,28). The van der Waals surface area contributed by atoms with Gasteiger partial charge in [0.25, 0.3) is 5.91 Å². The molecule has 0 aliphatic carbocycles. The quantitative estimate of drug-likeness (QED) is 0.526. The third kappa shape index (κ3) is 6.11. The summed E-state index contributed by atoms with van der Waals surface area (Å²) in [7, 11) is -3.48. The van der Waals surface area contributed by atoms with Gasteiger partial charge in [0, 0.05) is 11.3 Å². The molecule has 0 saturated carbocycles. The minimum absolute atomic E-state index is 0.183. The number of benzene rings is 3. The molecule has 3 aromatic rings. The number of ether oxygens (including phenoxy) is 1. The Balaban J connectivity index is 1.74. The molecule has 0 spiro atoms. The summed E-state index contributed by atoms with van der Waals surface area (Å²) >= 11 is 0. The maximum Gasteiger partial charge on any atom is 0.255 e. The van der Waals surface area contributed by atoms with Crippen molar-refractivity contribution in [3.8, 4) is 5.75 Å². The van der Waals surface area contributed by atoms with E-state index < -0.39 is 10.0 Å². The predicted molar refractivity (Wildman–Crippen MR) is 129 cm³/mol. The summed E-state index contributed by atoms with van der Waals surface area (Å²) in [6, 6.07) is 19.8. The Bertz CT molecular complexity index is 1170. The molecule has 0 heterocycles. The van der Waals surface area contributed by atoms with Crippen LogP contribution < -0.4 is 14.4 Å². The molecule has 3 aromatic carbocycles. The lowest BCUT2D eigenvalue weighted by molar-refractivity contribution is 0.102. The lowest BCUT2D eigenvalue weighted by Crippen LogP contribution is -2.29. The van der Waals surface area contributed by atoms with Crippen molar-refractivity contribution in [1.82, 2.24) is 0 Å². The van der Waals surface area contributed by atoms with E-state index in [1.807, 2.05) is 39.0 Å². The first-order chi connectivity index (χ1) is 15.2. The SMILES string of the molecule is CCOc1ccc(NC(=O)c2ccc(CN(c3cc(C)cc(C)c3)S(C)(=O)=O)cc2)cc1.